The van der Waals surface area contributed by atoms with E-state index in [0.29, 0.717) is 17.4 Å². The quantitative estimate of drug-likeness (QED) is 0.861. The van der Waals surface area contributed by atoms with Gasteiger partial charge in [0.05, 0.1) is 0 Å². The van der Waals surface area contributed by atoms with Crippen LogP contribution in [0.2, 0.25) is 0 Å². The highest BCUT2D eigenvalue weighted by Crippen LogP contribution is 2.34. The number of hydrogen-bond donors (Lipinski definition) is 1. The lowest BCUT2D eigenvalue weighted by Gasteiger charge is -2.22. The minimum Gasteiger partial charge on any atom is -0.477 e. The molecule has 1 aromatic rings. The number of carbonyl (C=O) groups excluding carboxylic acids is 1. The maximum atomic E-state index is 12.6. The Labute approximate surface area is 117 Å². The average Bonchev–Trinajstić information content (AvgIpc) is 3.32. The predicted molar refractivity (Wildman–Crippen MR) is 72.5 cm³/mol. The van der Waals surface area contributed by atoms with Crippen molar-refractivity contribution in [3.63, 3.8) is 0 Å². The minimum atomic E-state index is -1.10. The molecule has 1 heterocycles. The molecule has 0 aliphatic heterocycles. The van der Waals surface area contributed by atoms with Gasteiger partial charge in [0.1, 0.15) is 5.69 Å². The first kappa shape index (κ1) is 13.1. The smallest absolute Gasteiger partial charge is 0.354 e. The molecule has 5 heteroatoms. The Morgan fingerprint density at radius 3 is 2.30 bits per heavy atom. The number of carboxylic acid groups (broad SMARTS) is 1. The fraction of sp³-hybridized carbons (Fsp3) is 0.533. The first-order chi connectivity index (χ1) is 9.63. The monoisotopic (exact) mass is 274 g/mol. The lowest BCUT2D eigenvalue weighted by molar-refractivity contribution is 0.0690. The third-order valence-electron chi connectivity index (χ3n) is 3.86. The molecule has 0 unspecified atom stereocenters. The number of aromatic nitrogens is 1. The topological polar surface area (TPSA) is 70.5 Å². The third kappa shape index (κ3) is 3.15. The van der Waals surface area contributed by atoms with Crippen molar-refractivity contribution in [1.29, 1.82) is 0 Å². The summed E-state index contributed by atoms with van der Waals surface area (Å²) in [6.45, 7) is 1.61. The van der Waals surface area contributed by atoms with E-state index in [1.54, 1.807) is 6.07 Å². The van der Waals surface area contributed by atoms with Gasteiger partial charge in [-0.1, -0.05) is 0 Å². The summed E-state index contributed by atoms with van der Waals surface area (Å²) in [6.07, 6.45) is 6.19. The molecule has 2 aliphatic carbocycles. The molecule has 1 aromatic heterocycles. The van der Waals surface area contributed by atoms with Gasteiger partial charge in [0.15, 0.2) is 0 Å². The molecular formula is C15H18N2O3. The second kappa shape index (κ2) is 5.23. The van der Waals surface area contributed by atoms with Crippen LogP contribution in [0.25, 0.3) is 0 Å². The van der Waals surface area contributed by atoms with Crippen LogP contribution in [-0.2, 0) is 0 Å². The zero-order valence-electron chi connectivity index (χ0n) is 11.3. The molecule has 5 nitrogen and oxygen atoms in total. The van der Waals surface area contributed by atoms with E-state index < -0.39 is 5.97 Å². The highest BCUT2D eigenvalue weighted by Gasteiger charge is 2.32. The van der Waals surface area contributed by atoms with E-state index in [-0.39, 0.29) is 11.6 Å². The first-order valence-electron chi connectivity index (χ1n) is 7.12. The molecule has 1 amide bonds. The first-order valence-corrected chi connectivity index (χ1v) is 7.12. The number of aromatic carboxylic acids is 1. The van der Waals surface area contributed by atoms with Gasteiger partial charge in [0.25, 0.3) is 5.91 Å². The number of hydrogen-bond acceptors (Lipinski definition) is 3. The van der Waals surface area contributed by atoms with Crippen LogP contribution in [0.5, 0.6) is 0 Å². The van der Waals surface area contributed by atoms with Gasteiger partial charge in [-0.05, 0) is 49.7 Å². The SMILES string of the molecule is O=C(O)c1cc(C(=O)N(CC2CC2)CC2CC2)ccn1. The molecule has 106 valence electrons. The number of rotatable bonds is 6. The van der Waals surface area contributed by atoms with Crippen molar-refractivity contribution in [3.05, 3.63) is 29.6 Å². The van der Waals surface area contributed by atoms with Crippen molar-refractivity contribution < 1.29 is 14.7 Å². The van der Waals surface area contributed by atoms with Gasteiger partial charge in [-0.15, -0.1) is 0 Å². The van der Waals surface area contributed by atoms with Crippen LogP contribution in [0.4, 0.5) is 0 Å². The van der Waals surface area contributed by atoms with Gasteiger partial charge in [0.2, 0.25) is 0 Å². The lowest BCUT2D eigenvalue weighted by atomic mass is 10.2. The van der Waals surface area contributed by atoms with E-state index in [4.69, 9.17) is 5.11 Å². The Balaban J connectivity index is 1.76. The van der Waals surface area contributed by atoms with E-state index in [9.17, 15) is 9.59 Å². The Hall–Kier alpha value is -1.91. The molecule has 1 N–H and O–H groups in total. The highest BCUT2D eigenvalue weighted by molar-refractivity contribution is 5.96. The van der Waals surface area contributed by atoms with Crippen LogP contribution >= 0.6 is 0 Å². The maximum absolute atomic E-state index is 12.6. The van der Waals surface area contributed by atoms with Crippen molar-refractivity contribution in [1.82, 2.24) is 9.88 Å². The van der Waals surface area contributed by atoms with E-state index in [1.807, 2.05) is 4.90 Å². The second-order valence-electron chi connectivity index (χ2n) is 5.83. The van der Waals surface area contributed by atoms with Crippen LogP contribution in [0.1, 0.15) is 46.5 Å². The van der Waals surface area contributed by atoms with Crippen LogP contribution in [0, 0.1) is 11.8 Å². The second-order valence-corrected chi connectivity index (χ2v) is 5.83. The largest absolute Gasteiger partial charge is 0.477 e. The third-order valence-corrected chi connectivity index (χ3v) is 3.86. The van der Waals surface area contributed by atoms with Crippen LogP contribution in [-0.4, -0.2) is 40.0 Å². The Kier molecular flexibility index (Phi) is 3.42. The molecule has 0 saturated heterocycles. The molecule has 2 saturated carbocycles. The van der Waals surface area contributed by atoms with Gasteiger partial charge in [-0.2, -0.15) is 0 Å². The number of carboxylic acids is 1. The van der Waals surface area contributed by atoms with Gasteiger partial charge in [-0.25, -0.2) is 9.78 Å². The number of carbonyl (C=O) groups is 2. The molecule has 2 fully saturated rings. The summed E-state index contributed by atoms with van der Waals surface area (Å²) in [4.78, 5) is 29.1. The van der Waals surface area contributed by atoms with Crippen LogP contribution < -0.4 is 0 Å². The summed E-state index contributed by atoms with van der Waals surface area (Å²) in [6, 6.07) is 2.97. The van der Waals surface area contributed by atoms with Gasteiger partial charge >= 0.3 is 5.97 Å². The van der Waals surface area contributed by atoms with E-state index >= 15 is 0 Å². The summed E-state index contributed by atoms with van der Waals surface area (Å²) in [5.41, 5.74) is 0.354. The normalized spacial score (nSPS) is 17.8. The lowest BCUT2D eigenvalue weighted by Crippen LogP contribution is -2.34. The molecule has 0 bridgehead atoms. The van der Waals surface area contributed by atoms with Gasteiger partial charge < -0.3 is 10.0 Å². The summed E-state index contributed by atoms with van der Waals surface area (Å²) < 4.78 is 0. The van der Waals surface area contributed by atoms with Crippen molar-refractivity contribution in [3.8, 4) is 0 Å². The van der Waals surface area contributed by atoms with E-state index in [2.05, 4.69) is 4.98 Å². The fourth-order valence-electron chi connectivity index (χ4n) is 2.33. The number of amides is 1. The molecule has 0 atom stereocenters. The molecule has 2 aliphatic rings. The standard InChI is InChI=1S/C15H18N2O3/c18-14(12-5-6-16-13(7-12)15(19)20)17(8-10-1-2-10)9-11-3-4-11/h5-7,10-11H,1-4,8-9H2,(H,19,20). The van der Waals surface area contributed by atoms with Crippen LogP contribution in [0.15, 0.2) is 18.3 Å². The van der Waals surface area contributed by atoms with Gasteiger partial charge in [0, 0.05) is 24.8 Å². The Morgan fingerprint density at radius 2 is 1.80 bits per heavy atom. The van der Waals surface area contributed by atoms with E-state index in [0.717, 1.165) is 13.1 Å². The van der Waals surface area contributed by atoms with E-state index in [1.165, 1.54) is 37.9 Å². The number of pyridine rings is 1. The van der Waals surface area contributed by atoms with Gasteiger partial charge in [-0.3, -0.25) is 4.79 Å². The van der Waals surface area contributed by atoms with Crippen molar-refractivity contribution in [2.45, 2.75) is 25.7 Å². The van der Waals surface area contributed by atoms with Crippen molar-refractivity contribution in [2.24, 2.45) is 11.8 Å². The molecule has 0 spiro atoms. The Morgan fingerprint density at radius 1 is 1.20 bits per heavy atom. The van der Waals surface area contributed by atoms with Crippen molar-refractivity contribution >= 4 is 11.9 Å². The van der Waals surface area contributed by atoms with Crippen LogP contribution in [0.3, 0.4) is 0 Å². The van der Waals surface area contributed by atoms with Crippen molar-refractivity contribution in [2.75, 3.05) is 13.1 Å². The zero-order chi connectivity index (χ0) is 14.1. The molecular weight excluding hydrogens is 256 g/mol. The Bertz CT molecular complexity index is 522. The summed E-state index contributed by atoms with van der Waals surface area (Å²) >= 11 is 0. The summed E-state index contributed by atoms with van der Waals surface area (Å²) in [5.74, 6) is 0.112. The summed E-state index contributed by atoms with van der Waals surface area (Å²) in [7, 11) is 0. The molecule has 3 rings (SSSR count). The molecule has 0 aromatic carbocycles. The maximum Gasteiger partial charge on any atom is 0.354 e. The average molecular weight is 274 g/mol. The molecule has 0 radical (unpaired) electrons. The number of nitrogens with zero attached hydrogens (tertiary/aromatic N) is 2. The fourth-order valence-corrected chi connectivity index (χ4v) is 2.33. The highest BCUT2D eigenvalue weighted by atomic mass is 16.4. The zero-order valence-corrected chi connectivity index (χ0v) is 11.3. The minimum absolute atomic E-state index is 0.0614. The predicted octanol–water partition coefficient (Wildman–Crippen LogP) is 2.04. The molecule has 20 heavy (non-hydrogen) atoms. The summed E-state index contributed by atoms with van der Waals surface area (Å²) in [5, 5.41) is 8.95.